The molecule has 13 heavy (non-hydrogen) atoms. The van der Waals surface area contributed by atoms with Crippen LogP contribution >= 0.6 is 11.8 Å². The molecule has 1 atom stereocenters. The van der Waals surface area contributed by atoms with E-state index in [-0.39, 0.29) is 12.3 Å². The molecule has 1 heterocycles. The molecule has 0 saturated carbocycles. The smallest absolute Gasteiger partial charge is 0.313 e. The molecule has 0 radical (unpaired) electrons. The summed E-state index contributed by atoms with van der Waals surface area (Å²) in [7, 11) is 0. The summed E-state index contributed by atoms with van der Waals surface area (Å²) in [5.41, 5.74) is -0.392. The van der Waals surface area contributed by atoms with Crippen LogP contribution in [-0.4, -0.2) is 24.0 Å². The van der Waals surface area contributed by atoms with Crippen molar-refractivity contribution < 1.29 is 14.3 Å². The molecule has 1 saturated heterocycles. The Bertz CT molecular complexity index is 185. The Balaban J connectivity index is 2.39. The van der Waals surface area contributed by atoms with Gasteiger partial charge in [0.25, 0.3) is 0 Å². The van der Waals surface area contributed by atoms with Crippen LogP contribution in [0, 0.1) is 5.41 Å². The van der Waals surface area contributed by atoms with Crippen molar-refractivity contribution in [3.63, 3.8) is 0 Å². The molecule has 0 aliphatic carbocycles. The Labute approximate surface area is 83.2 Å². The standard InChI is InChI=1S/C9H16O3S/c1-4-9(2,3)8(10)12-7-5-13-6-11-7/h7H,4-6H2,1-3H3. The second-order valence-corrected chi connectivity index (χ2v) is 4.70. The predicted octanol–water partition coefficient (Wildman–Crippen LogP) is 2.01. The van der Waals surface area contributed by atoms with Crippen molar-refractivity contribution in [3.8, 4) is 0 Å². The summed E-state index contributed by atoms with van der Waals surface area (Å²) < 4.78 is 10.4. The van der Waals surface area contributed by atoms with Crippen LogP contribution in [0.25, 0.3) is 0 Å². The van der Waals surface area contributed by atoms with Gasteiger partial charge in [0.1, 0.15) is 0 Å². The fourth-order valence-corrected chi connectivity index (χ4v) is 1.51. The molecule has 1 unspecified atom stereocenters. The van der Waals surface area contributed by atoms with Crippen LogP contribution in [0.15, 0.2) is 0 Å². The monoisotopic (exact) mass is 204 g/mol. The molecule has 76 valence electrons. The van der Waals surface area contributed by atoms with E-state index in [4.69, 9.17) is 9.47 Å². The predicted molar refractivity (Wildman–Crippen MR) is 52.4 cm³/mol. The van der Waals surface area contributed by atoms with E-state index in [1.165, 1.54) is 0 Å². The third kappa shape index (κ3) is 2.88. The maximum atomic E-state index is 11.5. The lowest BCUT2D eigenvalue weighted by atomic mass is 9.91. The Morgan fingerprint density at radius 2 is 2.38 bits per heavy atom. The molecule has 0 aromatic carbocycles. The molecule has 0 aromatic heterocycles. The number of hydrogen-bond acceptors (Lipinski definition) is 4. The van der Waals surface area contributed by atoms with Crippen LogP contribution in [-0.2, 0) is 14.3 Å². The van der Waals surface area contributed by atoms with Crippen molar-refractivity contribution in [2.24, 2.45) is 5.41 Å². The minimum atomic E-state index is -0.392. The third-order valence-corrected chi connectivity index (χ3v) is 3.08. The number of carbonyl (C=O) groups excluding carboxylic acids is 1. The van der Waals surface area contributed by atoms with E-state index >= 15 is 0 Å². The molecule has 0 N–H and O–H groups in total. The van der Waals surface area contributed by atoms with Gasteiger partial charge in [-0.3, -0.25) is 4.79 Å². The maximum absolute atomic E-state index is 11.5. The number of hydrogen-bond donors (Lipinski definition) is 0. The van der Waals surface area contributed by atoms with Gasteiger partial charge in [-0.1, -0.05) is 6.92 Å². The minimum Gasteiger partial charge on any atom is -0.434 e. The zero-order valence-electron chi connectivity index (χ0n) is 8.33. The molecule has 0 aromatic rings. The highest BCUT2D eigenvalue weighted by Crippen LogP contribution is 2.25. The first kappa shape index (κ1) is 10.9. The molecule has 1 aliphatic heterocycles. The van der Waals surface area contributed by atoms with Gasteiger partial charge in [-0.15, -0.1) is 11.8 Å². The topological polar surface area (TPSA) is 35.5 Å². The van der Waals surface area contributed by atoms with Gasteiger partial charge in [-0.25, -0.2) is 0 Å². The van der Waals surface area contributed by atoms with E-state index in [0.29, 0.717) is 5.94 Å². The lowest BCUT2D eigenvalue weighted by Crippen LogP contribution is -2.30. The van der Waals surface area contributed by atoms with Crippen LogP contribution in [0.1, 0.15) is 27.2 Å². The third-order valence-electron chi connectivity index (χ3n) is 2.27. The summed E-state index contributed by atoms with van der Waals surface area (Å²) in [4.78, 5) is 11.5. The van der Waals surface area contributed by atoms with E-state index < -0.39 is 5.41 Å². The first-order valence-corrected chi connectivity index (χ1v) is 5.62. The first-order valence-electron chi connectivity index (χ1n) is 4.46. The molecule has 1 fully saturated rings. The molecule has 0 spiro atoms. The number of rotatable bonds is 3. The number of esters is 1. The molecule has 0 bridgehead atoms. The highest BCUT2D eigenvalue weighted by atomic mass is 32.2. The van der Waals surface area contributed by atoms with Gasteiger partial charge in [0.2, 0.25) is 6.29 Å². The molecule has 3 nitrogen and oxygen atoms in total. The summed E-state index contributed by atoms with van der Waals surface area (Å²) >= 11 is 1.64. The second-order valence-electron chi connectivity index (χ2n) is 3.73. The van der Waals surface area contributed by atoms with E-state index in [1.807, 2.05) is 20.8 Å². The Morgan fingerprint density at radius 1 is 1.69 bits per heavy atom. The number of carbonyl (C=O) groups is 1. The van der Waals surface area contributed by atoms with Gasteiger partial charge in [-0.05, 0) is 20.3 Å². The van der Waals surface area contributed by atoms with Crippen LogP contribution in [0.3, 0.4) is 0 Å². The van der Waals surface area contributed by atoms with E-state index in [9.17, 15) is 4.79 Å². The summed E-state index contributed by atoms with van der Waals surface area (Å²) in [6, 6.07) is 0. The van der Waals surface area contributed by atoms with Gasteiger partial charge in [0.05, 0.1) is 17.1 Å². The quantitative estimate of drug-likeness (QED) is 0.659. The zero-order chi connectivity index (χ0) is 9.90. The lowest BCUT2D eigenvalue weighted by molar-refractivity contribution is -0.178. The fourth-order valence-electron chi connectivity index (χ4n) is 0.808. The molecule has 0 amide bonds. The van der Waals surface area contributed by atoms with Crippen LogP contribution in [0.4, 0.5) is 0 Å². The SMILES string of the molecule is CCC(C)(C)C(=O)OC1CSCO1. The van der Waals surface area contributed by atoms with E-state index in [2.05, 4.69) is 0 Å². The molecular weight excluding hydrogens is 188 g/mol. The molecule has 4 heteroatoms. The summed E-state index contributed by atoms with van der Waals surface area (Å²) in [6.07, 6.45) is 0.453. The van der Waals surface area contributed by atoms with E-state index in [0.717, 1.165) is 12.2 Å². The van der Waals surface area contributed by atoms with Crippen LogP contribution < -0.4 is 0 Å². The summed E-state index contributed by atoms with van der Waals surface area (Å²) in [5, 5.41) is 0. The zero-order valence-corrected chi connectivity index (χ0v) is 9.15. The average molecular weight is 204 g/mol. The molecular formula is C9H16O3S. The fraction of sp³-hybridized carbons (Fsp3) is 0.889. The number of thioether (sulfide) groups is 1. The van der Waals surface area contributed by atoms with Gasteiger partial charge in [0.15, 0.2) is 0 Å². The van der Waals surface area contributed by atoms with Crippen molar-refractivity contribution in [1.29, 1.82) is 0 Å². The molecule has 1 rings (SSSR count). The van der Waals surface area contributed by atoms with Crippen molar-refractivity contribution >= 4 is 17.7 Å². The largest absolute Gasteiger partial charge is 0.434 e. The van der Waals surface area contributed by atoms with Gasteiger partial charge in [-0.2, -0.15) is 0 Å². The van der Waals surface area contributed by atoms with Gasteiger partial charge in [0, 0.05) is 0 Å². The Morgan fingerprint density at radius 3 is 2.85 bits per heavy atom. The Hall–Kier alpha value is -0.220. The summed E-state index contributed by atoms with van der Waals surface area (Å²) in [5.74, 6) is 1.22. The van der Waals surface area contributed by atoms with Crippen molar-refractivity contribution in [3.05, 3.63) is 0 Å². The van der Waals surface area contributed by atoms with Crippen LogP contribution in [0.5, 0.6) is 0 Å². The highest BCUT2D eigenvalue weighted by Gasteiger charge is 2.31. The number of ether oxygens (including phenoxy) is 2. The normalized spacial score (nSPS) is 23.2. The Kier molecular flexibility index (Phi) is 3.62. The van der Waals surface area contributed by atoms with Gasteiger partial charge < -0.3 is 9.47 Å². The first-order chi connectivity index (χ1) is 6.06. The second kappa shape index (κ2) is 4.33. The van der Waals surface area contributed by atoms with E-state index in [1.54, 1.807) is 11.8 Å². The summed E-state index contributed by atoms with van der Waals surface area (Å²) in [6.45, 7) is 5.75. The van der Waals surface area contributed by atoms with Gasteiger partial charge >= 0.3 is 5.97 Å². The van der Waals surface area contributed by atoms with Crippen molar-refractivity contribution in [2.75, 3.05) is 11.7 Å². The lowest BCUT2D eigenvalue weighted by Gasteiger charge is -2.22. The average Bonchev–Trinajstić information content (AvgIpc) is 2.57. The van der Waals surface area contributed by atoms with Crippen molar-refractivity contribution in [2.45, 2.75) is 33.5 Å². The van der Waals surface area contributed by atoms with Crippen molar-refractivity contribution in [1.82, 2.24) is 0 Å². The minimum absolute atomic E-state index is 0.164. The maximum Gasteiger partial charge on any atom is 0.313 e. The highest BCUT2D eigenvalue weighted by molar-refractivity contribution is 7.99. The molecule has 1 aliphatic rings. The van der Waals surface area contributed by atoms with Crippen LogP contribution in [0.2, 0.25) is 0 Å².